The molecule has 128 valence electrons. The summed E-state index contributed by atoms with van der Waals surface area (Å²) in [7, 11) is 0. The Hall–Kier alpha value is -2.67. The highest BCUT2D eigenvalue weighted by atomic mass is 127. The number of fused-ring (bicyclic) bond motifs is 1. The average molecular weight is 453 g/mol. The van der Waals surface area contributed by atoms with Crippen molar-refractivity contribution in [2.75, 3.05) is 5.32 Å². The fourth-order valence-electron chi connectivity index (χ4n) is 2.78. The molecular weight excluding hydrogens is 437 g/mol. The number of anilines is 1. The van der Waals surface area contributed by atoms with Gasteiger partial charge in [-0.1, -0.05) is 12.1 Å². The van der Waals surface area contributed by atoms with E-state index in [1.54, 1.807) is 0 Å². The summed E-state index contributed by atoms with van der Waals surface area (Å²) in [6.07, 6.45) is 4.00. The molecule has 4 rings (SSSR count). The first-order valence-electron chi connectivity index (χ1n) is 8.21. The standard InChI is InChI=1S/C21H16IN3O/c1-14-9-10-25-13-19(24-20(25)11-14)16-3-2-4-18(12-16)23-21(26)15-5-7-17(22)8-6-15/h2-13H,1H3,(H,23,26). The highest BCUT2D eigenvalue weighted by molar-refractivity contribution is 14.1. The van der Waals surface area contributed by atoms with E-state index in [-0.39, 0.29) is 5.91 Å². The van der Waals surface area contributed by atoms with Crippen LogP contribution in [0.2, 0.25) is 0 Å². The lowest BCUT2D eigenvalue weighted by Gasteiger charge is -2.07. The predicted molar refractivity (Wildman–Crippen MR) is 112 cm³/mol. The molecule has 0 aliphatic carbocycles. The molecule has 2 aromatic heterocycles. The molecule has 5 heteroatoms. The number of carbonyl (C=O) groups is 1. The van der Waals surface area contributed by atoms with E-state index in [4.69, 9.17) is 0 Å². The second kappa shape index (κ2) is 6.92. The summed E-state index contributed by atoms with van der Waals surface area (Å²) in [6.45, 7) is 2.05. The van der Waals surface area contributed by atoms with Gasteiger partial charge >= 0.3 is 0 Å². The molecule has 4 nitrogen and oxygen atoms in total. The Labute approximate surface area is 165 Å². The third-order valence-electron chi connectivity index (χ3n) is 4.14. The van der Waals surface area contributed by atoms with Gasteiger partial charge in [0.2, 0.25) is 0 Å². The topological polar surface area (TPSA) is 46.4 Å². The minimum atomic E-state index is -0.121. The van der Waals surface area contributed by atoms with Crippen LogP contribution in [0.15, 0.2) is 73.1 Å². The minimum Gasteiger partial charge on any atom is -0.322 e. The van der Waals surface area contributed by atoms with Gasteiger partial charge in [-0.2, -0.15) is 0 Å². The van der Waals surface area contributed by atoms with Crippen LogP contribution in [0.1, 0.15) is 15.9 Å². The number of nitrogens with zero attached hydrogens (tertiary/aromatic N) is 2. The molecule has 4 aromatic rings. The van der Waals surface area contributed by atoms with Crippen LogP contribution in [-0.2, 0) is 0 Å². The Kier molecular flexibility index (Phi) is 4.46. The Morgan fingerprint density at radius 2 is 1.88 bits per heavy atom. The van der Waals surface area contributed by atoms with Gasteiger partial charge in [0, 0.05) is 32.8 Å². The summed E-state index contributed by atoms with van der Waals surface area (Å²) in [5.74, 6) is -0.121. The number of imidazole rings is 1. The number of rotatable bonds is 3. The van der Waals surface area contributed by atoms with Crippen LogP contribution in [-0.4, -0.2) is 15.3 Å². The van der Waals surface area contributed by atoms with Crippen LogP contribution in [0.5, 0.6) is 0 Å². The summed E-state index contributed by atoms with van der Waals surface area (Å²) in [4.78, 5) is 17.1. The van der Waals surface area contributed by atoms with Gasteiger partial charge in [-0.25, -0.2) is 4.98 Å². The van der Waals surface area contributed by atoms with Gasteiger partial charge in [0.25, 0.3) is 5.91 Å². The van der Waals surface area contributed by atoms with Crippen molar-refractivity contribution in [3.8, 4) is 11.3 Å². The van der Waals surface area contributed by atoms with Crippen LogP contribution in [0.4, 0.5) is 5.69 Å². The fraction of sp³-hybridized carbons (Fsp3) is 0.0476. The van der Waals surface area contributed by atoms with Crippen molar-refractivity contribution in [3.63, 3.8) is 0 Å². The number of aromatic nitrogens is 2. The largest absolute Gasteiger partial charge is 0.322 e. The number of hydrogen-bond acceptors (Lipinski definition) is 2. The van der Waals surface area contributed by atoms with Crippen molar-refractivity contribution in [1.29, 1.82) is 0 Å². The fourth-order valence-corrected chi connectivity index (χ4v) is 3.14. The predicted octanol–water partition coefficient (Wildman–Crippen LogP) is 5.17. The van der Waals surface area contributed by atoms with Gasteiger partial charge < -0.3 is 9.72 Å². The molecule has 0 aliphatic heterocycles. The van der Waals surface area contributed by atoms with Crippen LogP contribution in [0.3, 0.4) is 0 Å². The second-order valence-electron chi connectivity index (χ2n) is 6.14. The van der Waals surface area contributed by atoms with E-state index in [1.807, 2.05) is 71.4 Å². The van der Waals surface area contributed by atoms with Gasteiger partial charge in [-0.3, -0.25) is 4.79 Å². The first kappa shape index (κ1) is 16.8. The van der Waals surface area contributed by atoms with Crippen molar-refractivity contribution in [1.82, 2.24) is 9.38 Å². The van der Waals surface area contributed by atoms with Gasteiger partial charge in [0.1, 0.15) is 5.65 Å². The number of pyridine rings is 1. The van der Waals surface area contributed by atoms with Crippen molar-refractivity contribution < 1.29 is 4.79 Å². The molecule has 0 atom stereocenters. The molecule has 0 saturated carbocycles. The van der Waals surface area contributed by atoms with Crippen LogP contribution in [0, 0.1) is 10.5 Å². The van der Waals surface area contributed by atoms with Gasteiger partial charge in [-0.15, -0.1) is 0 Å². The molecule has 1 amide bonds. The van der Waals surface area contributed by atoms with E-state index in [1.165, 1.54) is 5.56 Å². The SMILES string of the molecule is Cc1ccn2cc(-c3cccc(NC(=O)c4ccc(I)cc4)c3)nc2c1. The van der Waals surface area contributed by atoms with E-state index < -0.39 is 0 Å². The Bertz CT molecular complexity index is 1100. The molecule has 0 fully saturated rings. The number of nitrogens with one attached hydrogen (secondary N) is 1. The summed E-state index contributed by atoms with van der Waals surface area (Å²) in [6, 6.07) is 19.3. The Morgan fingerprint density at radius 3 is 2.69 bits per heavy atom. The summed E-state index contributed by atoms with van der Waals surface area (Å²) in [5.41, 5.74) is 5.31. The Morgan fingerprint density at radius 1 is 1.08 bits per heavy atom. The quantitative estimate of drug-likeness (QED) is 0.436. The van der Waals surface area contributed by atoms with Crippen molar-refractivity contribution in [3.05, 3.63) is 87.8 Å². The zero-order valence-corrected chi connectivity index (χ0v) is 16.3. The van der Waals surface area contributed by atoms with E-state index in [2.05, 4.69) is 45.9 Å². The van der Waals surface area contributed by atoms with Crippen LogP contribution >= 0.6 is 22.6 Å². The van der Waals surface area contributed by atoms with Crippen LogP contribution < -0.4 is 5.32 Å². The maximum absolute atomic E-state index is 12.4. The summed E-state index contributed by atoms with van der Waals surface area (Å²) in [5, 5.41) is 2.95. The molecular formula is C21H16IN3O. The zero-order valence-electron chi connectivity index (χ0n) is 14.1. The van der Waals surface area contributed by atoms with E-state index >= 15 is 0 Å². The molecule has 2 aromatic carbocycles. The smallest absolute Gasteiger partial charge is 0.255 e. The van der Waals surface area contributed by atoms with Gasteiger partial charge in [0.05, 0.1) is 5.69 Å². The highest BCUT2D eigenvalue weighted by Crippen LogP contribution is 2.23. The maximum Gasteiger partial charge on any atom is 0.255 e. The lowest BCUT2D eigenvalue weighted by Crippen LogP contribution is -2.11. The van der Waals surface area contributed by atoms with Crippen molar-refractivity contribution in [2.24, 2.45) is 0 Å². The normalized spacial score (nSPS) is 10.8. The van der Waals surface area contributed by atoms with Gasteiger partial charge in [0.15, 0.2) is 0 Å². The first-order chi connectivity index (χ1) is 12.6. The number of benzene rings is 2. The third kappa shape index (κ3) is 3.48. The first-order valence-corrected chi connectivity index (χ1v) is 9.29. The molecule has 0 spiro atoms. The zero-order chi connectivity index (χ0) is 18.1. The van der Waals surface area contributed by atoms with Gasteiger partial charge in [-0.05, 0) is 83.6 Å². The van der Waals surface area contributed by atoms with Crippen molar-refractivity contribution >= 4 is 39.8 Å². The number of halogens is 1. The maximum atomic E-state index is 12.4. The van der Waals surface area contributed by atoms with E-state index in [9.17, 15) is 4.79 Å². The number of carbonyl (C=O) groups excluding carboxylic acids is 1. The summed E-state index contributed by atoms with van der Waals surface area (Å²) >= 11 is 2.22. The second-order valence-corrected chi connectivity index (χ2v) is 7.38. The lowest BCUT2D eigenvalue weighted by atomic mass is 10.1. The highest BCUT2D eigenvalue weighted by Gasteiger charge is 2.09. The molecule has 0 radical (unpaired) electrons. The molecule has 0 aliphatic rings. The Balaban J connectivity index is 1.61. The number of hydrogen-bond donors (Lipinski definition) is 1. The summed E-state index contributed by atoms with van der Waals surface area (Å²) < 4.78 is 3.10. The monoisotopic (exact) mass is 453 g/mol. The molecule has 0 unspecified atom stereocenters. The van der Waals surface area contributed by atoms with E-state index in [0.29, 0.717) is 5.56 Å². The van der Waals surface area contributed by atoms with Crippen molar-refractivity contribution in [2.45, 2.75) is 6.92 Å². The molecule has 1 N–H and O–H groups in total. The molecule has 26 heavy (non-hydrogen) atoms. The van der Waals surface area contributed by atoms with Crippen LogP contribution in [0.25, 0.3) is 16.9 Å². The lowest BCUT2D eigenvalue weighted by molar-refractivity contribution is 0.102. The molecule has 0 saturated heterocycles. The molecule has 2 heterocycles. The third-order valence-corrected chi connectivity index (χ3v) is 4.86. The number of amides is 1. The average Bonchev–Trinajstić information content (AvgIpc) is 3.05. The molecule has 0 bridgehead atoms. The van der Waals surface area contributed by atoms with E-state index in [0.717, 1.165) is 26.2 Å². The number of aryl methyl sites for hydroxylation is 1. The minimum absolute atomic E-state index is 0.121.